The maximum Gasteiger partial charge on any atom is 0.124 e. The summed E-state index contributed by atoms with van der Waals surface area (Å²) in [5.41, 5.74) is 1.21. The molecule has 18 heavy (non-hydrogen) atoms. The molecule has 0 saturated heterocycles. The topological polar surface area (TPSA) is 59.7 Å². The van der Waals surface area contributed by atoms with Gasteiger partial charge in [-0.1, -0.05) is 0 Å². The van der Waals surface area contributed by atoms with E-state index in [-0.39, 0.29) is 0 Å². The van der Waals surface area contributed by atoms with Gasteiger partial charge in [0.2, 0.25) is 0 Å². The van der Waals surface area contributed by atoms with Crippen molar-refractivity contribution in [1.82, 2.24) is 24.9 Å². The number of aromatic nitrogens is 4. The van der Waals surface area contributed by atoms with Crippen LogP contribution in [0.4, 0.5) is 5.82 Å². The highest BCUT2D eigenvalue weighted by molar-refractivity contribution is 5.35. The quantitative estimate of drug-likeness (QED) is 0.822. The van der Waals surface area contributed by atoms with Crippen molar-refractivity contribution in [2.75, 3.05) is 18.4 Å². The molecule has 0 fully saturated rings. The van der Waals surface area contributed by atoms with E-state index in [0.29, 0.717) is 5.92 Å². The van der Waals surface area contributed by atoms with Gasteiger partial charge in [-0.05, 0) is 6.07 Å². The van der Waals surface area contributed by atoms with Crippen LogP contribution in [0.25, 0.3) is 0 Å². The van der Waals surface area contributed by atoms with Crippen molar-refractivity contribution in [1.29, 1.82) is 0 Å². The second kappa shape index (κ2) is 4.81. The number of hydrogen-bond donors (Lipinski definition) is 2. The highest BCUT2D eigenvalue weighted by Crippen LogP contribution is 2.15. The molecular weight excluding hydrogens is 228 g/mol. The number of nitrogens with zero attached hydrogens (tertiary/aromatic N) is 4. The Morgan fingerprint density at radius 2 is 2.28 bits per heavy atom. The van der Waals surface area contributed by atoms with Crippen LogP contribution in [0.2, 0.25) is 0 Å². The molecule has 0 radical (unpaired) electrons. The van der Waals surface area contributed by atoms with Gasteiger partial charge in [0.1, 0.15) is 5.82 Å². The van der Waals surface area contributed by atoms with E-state index in [9.17, 15) is 0 Å². The molecule has 0 spiro atoms. The van der Waals surface area contributed by atoms with Crippen molar-refractivity contribution in [3.63, 3.8) is 0 Å². The molecule has 3 rings (SSSR count). The van der Waals surface area contributed by atoms with Crippen LogP contribution >= 0.6 is 0 Å². The summed E-state index contributed by atoms with van der Waals surface area (Å²) in [6, 6.07) is 4.05. The highest BCUT2D eigenvalue weighted by atomic mass is 15.3. The fourth-order valence-corrected chi connectivity index (χ4v) is 2.30. The molecule has 2 N–H and O–H groups in total. The van der Waals surface area contributed by atoms with Crippen molar-refractivity contribution in [2.45, 2.75) is 13.1 Å². The van der Waals surface area contributed by atoms with E-state index < -0.39 is 0 Å². The first-order valence-electron chi connectivity index (χ1n) is 6.26. The summed E-state index contributed by atoms with van der Waals surface area (Å²) in [7, 11) is 1.97. The molecule has 1 unspecified atom stereocenters. The maximum atomic E-state index is 4.29. The maximum absolute atomic E-state index is 4.29. The van der Waals surface area contributed by atoms with Crippen molar-refractivity contribution >= 4 is 5.82 Å². The molecule has 96 valence electrons. The Kier molecular flexibility index (Phi) is 3.02. The van der Waals surface area contributed by atoms with E-state index in [1.165, 1.54) is 5.69 Å². The molecule has 0 saturated carbocycles. The molecule has 2 aromatic heterocycles. The Labute approximate surface area is 106 Å². The summed E-state index contributed by atoms with van der Waals surface area (Å²) in [4.78, 5) is 0. The summed E-state index contributed by atoms with van der Waals surface area (Å²) in [5.74, 6) is 1.70. The van der Waals surface area contributed by atoms with E-state index >= 15 is 0 Å². The average molecular weight is 246 g/mol. The third kappa shape index (κ3) is 2.24. The third-order valence-corrected chi connectivity index (χ3v) is 3.38. The van der Waals surface area contributed by atoms with Crippen LogP contribution in [0.1, 0.15) is 5.69 Å². The summed E-state index contributed by atoms with van der Waals surface area (Å²) in [5, 5.41) is 15.3. The number of anilines is 1. The first-order valence-corrected chi connectivity index (χ1v) is 6.26. The number of nitrogens with one attached hydrogen (secondary N) is 2. The highest BCUT2D eigenvalue weighted by Gasteiger charge is 2.17. The zero-order chi connectivity index (χ0) is 12.4. The molecule has 0 aromatic carbocycles. The van der Waals surface area contributed by atoms with E-state index in [2.05, 4.69) is 20.8 Å². The summed E-state index contributed by atoms with van der Waals surface area (Å²) in [6.07, 6.45) is 3.67. The second-order valence-electron chi connectivity index (χ2n) is 4.72. The lowest BCUT2D eigenvalue weighted by molar-refractivity contribution is 0.389. The molecule has 1 aliphatic heterocycles. The lowest BCUT2D eigenvalue weighted by Gasteiger charge is -2.25. The monoisotopic (exact) mass is 246 g/mol. The van der Waals surface area contributed by atoms with E-state index in [1.54, 1.807) is 0 Å². The van der Waals surface area contributed by atoms with Crippen molar-refractivity contribution in [3.05, 3.63) is 30.2 Å². The molecule has 0 amide bonds. The molecule has 1 atom stereocenters. The predicted octanol–water partition coefficient (Wildman–Crippen LogP) is 0.448. The van der Waals surface area contributed by atoms with Crippen LogP contribution in [-0.2, 0) is 20.1 Å². The van der Waals surface area contributed by atoms with E-state index in [4.69, 9.17) is 0 Å². The Morgan fingerprint density at radius 3 is 3.11 bits per heavy atom. The van der Waals surface area contributed by atoms with Crippen LogP contribution in [0.3, 0.4) is 0 Å². The van der Waals surface area contributed by atoms with Gasteiger partial charge in [0.15, 0.2) is 0 Å². The lowest BCUT2D eigenvalue weighted by atomic mass is 10.1. The first kappa shape index (κ1) is 11.3. The normalized spacial score (nSPS) is 18.4. The fourth-order valence-electron chi connectivity index (χ4n) is 2.30. The van der Waals surface area contributed by atoms with Crippen LogP contribution in [0.5, 0.6) is 0 Å². The molecule has 6 nitrogen and oxygen atoms in total. The Balaban J connectivity index is 1.49. The van der Waals surface area contributed by atoms with Crippen LogP contribution in [-0.4, -0.2) is 32.7 Å². The van der Waals surface area contributed by atoms with Crippen LogP contribution in [0.15, 0.2) is 24.5 Å². The molecular formula is C12H18N6. The zero-order valence-corrected chi connectivity index (χ0v) is 10.5. The van der Waals surface area contributed by atoms with Crippen molar-refractivity contribution < 1.29 is 0 Å². The molecule has 6 heteroatoms. The van der Waals surface area contributed by atoms with Gasteiger partial charge in [-0.3, -0.25) is 4.68 Å². The third-order valence-electron chi connectivity index (χ3n) is 3.38. The molecule has 3 heterocycles. The SMILES string of the molecule is Cn1nccc1CNCC1CNc2ccnn2C1. The van der Waals surface area contributed by atoms with Gasteiger partial charge in [0.25, 0.3) is 0 Å². The number of fused-ring (bicyclic) bond motifs is 1. The van der Waals surface area contributed by atoms with Crippen LogP contribution in [0, 0.1) is 5.92 Å². The van der Waals surface area contributed by atoms with E-state index in [1.807, 2.05) is 40.9 Å². The summed E-state index contributed by atoms with van der Waals surface area (Å²) in [6.45, 7) is 3.83. The Bertz CT molecular complexity index is 514. The Morgan fingerprint density at radius 1 is 1.39 bits per heavy atom. The van der Waals surface area contributed by atoms with Gasteiger partial charge in [0, 0.05) is 51.4 Å². The second-order valence-corrected chi connectivity index (χ2v) is 4.72. The summed E-state index contributed by atoms with van der Waals surface area (Å²) >= 11 is 0. The minimum Gasteiger partial charge on any atom is -0.370 e. The van der Waals surface area contributed by atoms with Gasteiger partial charge in [-0.25, -0.2) is 4.68 Å². The molecule has 0 aliphatic carbocycles. The largest absolute Gasteiger partial charge is 0.370 e. The van der Waals surface area contributed by atoms with Gasteiger partial charge in [-0.15, -0.1) is 0 Å². The Hall–Kier alpha value is -1.82. The first-order chi connectivity index (χ1) is 8.83. The number of rotatable bonds is 4. The predicted molar refractivity (Wildman–Crippen MR) is 69.1 cm³/mol. The van der Waals surface area contributed by atoms with Gasteiger partial charge in [-0.2, -0.15) is 10.2 Å². The molecule has 2 aromatic rings. The van der Waals surface area contributed by atoms with Gasteiger partial charge >= 0.3 is 0 Å². The fraction of sp³-hybridized carbons (Fsp3) is 0.500. The van der Waals surface area contributed by atoms with Gasteiger partial charge in [0.05, 0.1) is 11.9 Å². The smallest absolute Gasteiger partial charge is 0.124 e. The minimum atomic E-state index is 0.575. The minimum absolute atomic E-state index is 0.575. The molecule has 1 aliphatic rings. The van der Waals surface area contributed by atoms with Gasteiger partial charge < -0.3 is 10.6 Å². The number of hydrogen-bond acceptors (Lipinski definition) is 4. The van der Waals surface area contributed by atoms with Crippen LogP contribution < -0.4 is 10.6 Å². The van der Waals surface area contributed by atoms with E-state index in [0.717, 1.165) is 32.0 Å². The summed E-state index contributed by atoms with van der Waals surface area (Å²) < 4.78 is 3.93. The lowest BCUT2D eigenvalue weighted by Crippen LogP contribution is -2.35. The molecule has 0 bridgehead atoms. The zero-order valence-electron chi connectivity index (χ0n) is 10.5. The standard InChI is InChI=1S/C12H18N6/c1-17-11(2-4-15-17)8-13-6-10-7-14-12-3-5-16-18(12)9-10/h2-5,10,13-14H,6-9H2,1H3. The van der Waals surface area contributed by atoms with Crippen molar-refractivity contribution in [2.24, 2.45) is 13.0 Å². The van der Waals surface area contributed by atoms with Crippen molar-refractivity contribution in [3.8, 4) is 0 Å². The number of aryl methyl sites for hydroxylation is 1. The average Bonchev–Trinajstić information content (AvgIpc) is 2.98.